The lowest BCUT2D eigenvalue weighted by Gasteiger charge is -2.28. The highest BCUT2D eigenvalue weighted by Gasteiger charge is 2.33. The molecule has 28 heavy (non-hydrogen) atoms. The number of hydrogen-bond donors (Lipinski definition) is 2. The zero-order chi connectivity index (χ0) is 21.1. The minimum Gasteiger partial charge on any atom is -0.598 e. The third-order valence-corrected chi connectivity index (χ3v) is 6.61. The first kappa shape index (κ1) is 22.7. The fourth-order valence-electron chi connectivity index (χ4n) is 2.25. The van der Waals surface area contributed by atoms with Gasteiger partial charge < -0.3 is 9.29 Å². The van der Waals surface area contributed by atoms with Gasteiger partial charge in [0.05, 0.1) is 16.3 Å². The number of nitrogens with zero attached hydrogens (tertiary/aromatic N) is 1. The number of rotatable bonds is 6. The van der Waals surface area contributed by atoms with E-state index >= 15 is 0 Å². The van der Waals surface area contributed by atoms with E-state index in [-0.39, 0.29) is 5.76 Å². The van der Waals surface area contributed by atoms with Crippen molar-refractivity contribution < 1.29 is 14.1 Å². The van der Waals surface area contributed by atoms with Crippen molar-refractivity contribution in [3.8, 4) is 0 Å². The Hall–Kier alpha value is -1.58. The standard InChI is InChI=1S/C19H24ClN3O3S2/c1-11(2)26-18(24)22-17-21-12(3)16(27-17)15(23-28(25)19(4,5)6)13-9-7-8-10-14(13)20/h7-10,15,23H,1H2,2-6H3,(H,21,22,24)/t15?,28-/m1/s1. The second-order valence-corrected chi connectivity index (χ2v) is 10.6. The lowest BCUT2D eigenvalue weighted by Crippen LogP contribution is -2.41. The first-order chi connectivity index (χ1) is 13.0. The number of hydrogen-bond acceptors (Lipinski definition) is 6. The number of aromatic nitrogens is 1. The van der Waals surface area contributed by atoms with E-state index in [2.05, 4.69) is 21.6 Å². The lowest BCUT2D eigenvalue weighted by atomic mass is 10.1. The van der Waals surface area contributed by atoms with Crippen LogP contribution in [0.15, 0.2) is 36.6 Å². The number of ether oxygens (including phenoxy) is 1. The van der Waals surface area contributed by atoms with E-state index in [1.807, 2.05) is 45.9 Å². The highest BCUT2D eigenvalue weighted by molar-refractivity contribution is 7.90. The van der Waals surface area contributed by atoms with Crippen LogP contribution in [0.25, 0.3) is 0 Å². The molecule has 1 heterocycles. The Bertz CT molecular complexity index is 864. The second kappa shape index (κ2) is 9.28. The summed E-state index contributed by atoms with van der Waals surface area (Å²) in [4.78, 5) is 17.0. The first-order valence-corrected chi connectivity index (χ1v) is 10.9. The minimum atomic E-state index is -1.35. The molecule has 0 saturated heterocycles. The van der Waals surface area contributed by atoms with Crippen LogP contribution in [-0.4, -0.2) is 20.4 Å². The summed E-state index contributed by atoms with van der Waals surface area (Å²) >= 11 is 6.34. The van der Waals surface area contributed by atoms with Crippen molar-refractivity contribution in [1.82, 2.24) is 9.71 Å². The summed E-state index contributed by atoms with van der Waals surface area (Å²) in [7, 11) is 0. The van der Waals surface area contributed by atoms with Crippen molar-refractivity contribution in [3.63, 3.8) is 0 Å². The third-order valence-electron chi connectivity index (χ3n) is 3.57. The fraction of sp³-hybridized carbons (Fsp3) is 0.368. The van der Waals surface area contributed by atoms with Crippen molar-refractivity contribution in [2.75, 3.05) is 5.32 Å². The molecule has 0 aliphatic heterocycles. The summed E-state index contributed by atoms with van der Waals surface area (Å²) in [6.07, 6.45) is -0.659. The predicted octanol–water partition coefficient (Wildman–Crippen LogP) is 5.33. The van der Waals surface area contributed by atoms with E-state index in [1.54, 1.807) is 13.0 Å². The number of allylic oxidation sites excluding steroid dienone is 1. The molecule has 1 aromatic heterocycles. The van der Waals surface area contributed by atoms with Crippen molar-refractivity contribution in [3.05, 3.63) is 57.8 Å². The summed E-state index contributed by atoms with van der Waals surface area (Å²) in [6.45, 7) is 12.6. The molecule has 2 aromatic rings. The molecule has 152 valence electrons. The van der Waals surface area contributed by atoms with Crippen molar-refractivity contribution >= 4 is 45.5 Å². The molecule has 9 heteroatoms. The van der Waals surface area contributed by atoms with Gasteiger partial charge in [-0.3, -0.25) is 5.32 Å². The molecule has 0 spiro atoms. The number of carbonyl (C=O) groups excluding carboxylic acids is 1. The Morgan fingerprint density at radius 3 is 2.61 bits per heavy atom. The molecule has 0 aliphatic rings. The van der Waals surface area contributed by atoms with Crippen LogP contribution in [0.4, 0.5) is 9.93 Å². The molecule has 2 atom stereocenters. The Balaban J connectivity index is 2.39. The van der Waals surface area contributed by atoms with Crippen LogP contribution in [0.3, 0.4) is 0 Å². The van der Waals surface area contributed by atoms with E-state index < -0.39 is 28.2 Å². The Labute approximate surface area is 177 Å². The number of halogens is 1. The van der Waals surface area contributed by atoms with Gasteiger partial charge in [-0.05, 0) is 46.2 Å². The van der Waals surface area contributed by atoms with Crippen molar-refractivity contribution in [2.24, 2.45) is 0 Å². The second-order valence-electron chi connectivity index (χ2n) is 7.14. The molecule has 1 aromatic carbocycles. The summed E-state index contributed by atoms with van der Waals surface area (Å²) in [5.74, 6) is 0.280. The SMILES string of the molecule is C=C(C)OC(=O)Nc1nc(C)c(C(N[S@+]([O-])C(C)(C)C)c2ccccc2Cl)s1. The van der Waals surface area contributed by atoms with Gasteiger partial charge in [-0.15, -0.1) is 4.72 Å². The van der Waals surface area contributed by atoms with Crippen molar-refractivity contribution in [2.45, 2.75) is 45.4 Å². The molecule has 1 unspecified atom stereocenters. The molecule has 6 nitrogen and oxygen atoms in total. The number of carbonyl (C=O) groups is 1. The van der Waals surface area contributed by atoms with Crippen LogP contribution in [0.5, 0.6) is 0 Å². The van der Waals surface area contributed by atoms with Gasteiger partial charge in [0.15, 0.2) is 5.13 Å². The molecule has 0 aliphatic carbocycles. The monoisotopic (exact) mass is 441 g/mol. The van der Waals surface area contributed by atoms with Gasteiger partial charge in [0.1, 0.15) is 10.8 Å². The van der Waals surface area contributed by atoms with Gasteiger partial charge in [-0.25, -0.2) is 9.78 Å². The van der Waals surface area contributed by atoms with Gasteiger partial charge in [-0.1, -0.05) is 47.7 Å². The van der Waals surface area contributed by atoms with Crippen LogP contribution < -0.4 is 10.0 Å². The average molecular weight is 442 g/mol. The molecular weight excluding hydrogens is 418 g/mol. The van der Waals surface area contributed by atoms with Crippen LogP contribution >= 0.6 is 22.9 Å². The van der Waals surface area contributed by atoms with Gasteiger partial charge >= 0.3 is 6.09 Å². The van der Waals surface area contributed by atoms with Gasteiger partial charge in [0.25, 0.3) is 0 Å². The topological polar surface area (TPSA) is 86.3 Å². The first-order valence-electron chi connectivity index (χ1n) is 8.53. The number of amides is 1. The molecule has 0 saturated carbocycles. The van der Waals surface area contributed by atoms with Gasteiger partial charge in [0.2, 0.25) is 0 Å². The maximum atomic E-state index is 12.8. The number of anilines is 1. The van der Waals surface area contributed by atoms with E-state index in [0.717, 1.165) is 10.4 Å². The third kappa shape index (κ3) is 5.96. The highest BCUT2D eigenvalue weighted by Crippen LogP contribution is 2.36. The van der Waals surface area contributed by atoms with E-state index in [4.69, 9.17) is 16.3 Å². The summed E-state index contributed by atoms with van der Waals surface area (Å²) in [5.41, 5.74) is 1.48. The van der Waals surface area contributed by atoms with Gasteiger partial charge in [0, 0.05) is 16.4 Å². The highest BCUT2D eigenvalue weighted by atomic mass is 35.5. The lowest BCUT2D eigenvalue weighted by molar-refractivity contribution is 0.192. The van der Waals surface area contributed by atoms with Gasteiger partial charge in [-0.2, -0.15) is 0 Å². The fourth-order valence-corrected chi connectivity index (χ4v) is 4.41. The Kier molecular flexibility index (Phi) is 7.52. The van der Waals surface area contributed by atoms with E-state index in [0.29, 0.717) is 15.8 Å². The molecule has 0 bridgehead atoms. The maximum Gasteiger partial charge on any atom is 0.418 e. The van der Waals surface area contributed by atoms with Crippen molar-refractivity contribution in [1.29, 1.82) is 0 Å². The predicted molar refractivity (Wildman–Crippen MR) is 116 cm³/mol. The minimum absolute atomic E-state index is 0.280. The normalized spacial score (nSPS) is 13.7. The molecule has 2 rings (SSSR count). The average Bonchev–Trinajstić information content (AvgIpc) is 2.91. The summed E-state index contributed by atoms with van der Waals surface area (Å²) < 4.78 is 20.4. The maximum absolute atomic E-state index is 12.8. The molecular formula is C19H24ClN3O3S2. The smallest absolute Gasteiger partial charge is 0.418 e. The summed E-state index contributed by atoms with van der Waals surface area (Å²) in [6, 6.07) is 6.92. The van der Waals surface area contributed by atoms with Crippen LogP contribution in [0.2, 0.25) is 5.02 Å². The van der Waals surface area contributed by atoms with Crippen LogP contribution in [0.1, 0.15) is 49.9 Å². The number of thiazole rings is 1. The molecule has 0 radical (unpaired) electrons. The molecule has 0 fully saturated rings. The summed E-state index contributed by atoms with van der Waals surface area (Å²) in [5, 5.41) is 3.51. The van der Waals surface area contributed by atoms with E-state index in [9.17, 15) is 9.35 Å². The molecule has 2 N–H and O–H groups in total. The Morgan fingerprint density at radius 2 is 2.04 bits per heavy atom. The zero-order valence-corrected chi connectivity index (χ0v) is 18.8. The zero-order valence-electron chi connectivity index (χ0n) is 16.5. The Morgan fingerprint density at radius 1 is 1.39 bits per heavy atom. The quantitative estimate of drug-likeness (QED) is 0.467. The largest absolute Gasteiger partial charge is 0.598 e. The van der Waals surface area contributed by atoms with Crippen LogP contribution in [0, 0.1) is 6.92 Å². The van der Waals surface area contributed by atoms with E-state index in [1.165, 1.54) is 11.3 Å². The number of benzene rings is 1. The molecule has 1 amide bonds. The number of nitrogens with one attached hydrogen (secondary N) is 2. The van der Waals surface area contributed by atoms with Crippen LogP contribution in [-0.2, 0) is 16.1 Å². The number of aryl methyl sites for hydroxylation is 1.